The number of amides is 1. The van der Waals surface area contributed by atoms with Crippen LogP contribution in [0.2, 0.25) is 0 Å². The zero-order valence-electron chi connectivity index (χ0n) is 13.7. The number of ether oxygens (including phenoxy) is 1. The molecule has 1 aliphatic heterocycles. The number of hydrogen-bond acceptors (Lipinski definition) is 7. The molecule has 2 atom stereocenters. The standard InChI is InChI=1S/C16H21N5O2S/c1-3-14-20-21-15(24-14)9-17-16(22)13-8-12(18-19-13)10-5-4-6-11(7-10)23-2/h4-7,12-13,18-19H,3,8-9H2,1-2H3,(H,17,22). The van der Waals surface area contributed by atoms with Crippen LogP contribution in [0.4, 0.5) is 0 Å². The fraction of sp³-hybridized carbons (Fsp3) is 0.438. The van der Waals surface area contributed by atoms with E-state index in [9.17, 15) is 4.79 Å². The van der Waals surface area contributed by atoms with E-state index < -0.39 is 0 Å². The highest BCUT2D eigenvalue weighted by atomic mass is 32.1. The number of nitrogens with zero attached hydrogens (tertiary/aromatic N) is 2. The summed E-state index contributed by atoms with van der Waals surface area (Å²) in [6, 6.07) is 7.65. The predicted molar refractivity (Wildman–Crippen MR) is 91.5 cm³/mol. The third-order valence-electron chi connectivity index (χ3n) is 3.94. The summed E-state index contributed by atoms with van der Waals surface area (Å²) in [6.45, 7) is 2.45. The first-order valence-corrected chi connectivity index (χ1v) is 8.75. The molecule has 1 saturated heterocycles. The summed E-state index contributed by atoms with van der Waals surface area (Å²) in [4.78, 5) is 12.3. The molecule has 2 aromatic rings. The van der Waals surface area contributed by atoms with Crippen LogP contribution in [0, 0.1) is 0 Å². The monoisotopic (exact) mass is 347 g/mol. The molecule has 1 aromatic carbocycles. The highest BCUT2D eigenvalue weighted by molar-refractivity contribution is 7.11. The smallest absolute Gasteiger partial charge is 0.238 e. The van der Waals surface area contributed by atoms with Crippen molar-refractivity contribution < 1.29 is 9.53 Å². The largest absolute Gasteiger partial charge is 0.497 e. The van der Waals surface area contributed by atoms with Crippen LogP contribution in [-0.2, 0) is 17.8 Å². The van der Waals surface area contributed by atoms with Gasteiger partial charge in [-0.25, -0.2) is 10.9 Å². The Morgan fingerprint density at radius 2 is 2.21 bits per heavy atom. The van der Waals surface area contributed by atoms with E-state index in [0.29, 0.717) is 13.0 Å². The number of aromatic nitrogens is 2. The molecule has 2 heterocycles. The number of hydrogen-bond donors (Lipinski definition) is 3. The zero-order chi connectivity index (χ0) is 16.9. The predicted octanol–water partition coefficient (Wildman–Crippen LogP) is 1.33. The highest BCUT2D eigenvalue weighted by Gasteiger charge is 2.30. The van der Waals surface area contributed by atoms with E-state index in [0.717, 1.165) is 27.7 Å². The third-order valence-corrected chi connectivity index (χ3v) is 5.01. The summed E-state index contributed by atoms with van der Waals surface area (Å²) in [6.07, 6.45) is 1.54. The van der Waals surface area contributed by atoms with E-state index in [-0.39, 0.29) is 18.0 Å². The van der Waals surface area contributed by atoms with Gasteiger partial charge in [0.25, 0.3) is 0 Å². The van der Waals surface area contributed by atoms with Crippen molar-refractivity contribution in [1.82, 2.24) is 26.4 Å². The van der Waals surface area contributed by atoms with Crippen LogP contribution in [0.5, 0.6) is 5.75 Å². The molecule has 0 radical (unpaired) electrons. The Hall–Kier alpha value is -2.03. The molecule has 3 rings (SSSR count). The van der Waals surface area contributed by atoms with E-state index in [1.165, 1.54) is 11.3 Å². The molecule has 1 amide bonds. The van der Waals surface area contributed by atoms with Crippen molar-refractivity contribution in [3.05, 3.63) is 39.8 Å². The normalized spacial score (nSPS) is 20.1. The van der Waals surface area contributed by atoms with Crippen LogP contribution in [0.1, 0.15) is 35.0 Å². The second-order valence-electron chi connectivity index (χ2n) is 5.57. The average molecular weight is 347 g/mol. The summed E-state index contributed by atoms with van der Waals surface area (Å²) in [5.74, 6) is 0.770. The van der Waals surface area contributed by atoms with Crippen molar-refractivity contribution in [3.63, 3.8) is 0 Å². The summed E-state index contributed by atoms with van der Waals surface area (Å²) in [5.41, 5.74) is 7.33. The highest BCUT2D eigenvalue weighted by Crippen LogP contribution is 2.25. The number of nitrogens with one attached hydrogen (secondary N) is 3. The minimum Gasteiger partial charge on any atom is -0.497 e. The van der Waals surface area contributed by atoms with Gasteiger partial charge >= 0.3 is 0 Å². The Morgan fingerprint density at radius 1 is 1.38 bits per heavy atom. The van der Waals surface area contributed by atoms with Crippen molar-refractivity contribution in [2.75, 3.05) is 7.11 Å². The van der Waals surface area contributed by atoms with Crippen LogP contribution in [0.15, 0.2) is 24.3 Å². The van der Waals surface area contributed by atoms with Crippen LogP contribution in [0.3, 0.4) is 0 Å². The van der Waals surface area contributed by atoms with Gasteiger partial charge in [-0.2, -0.15) is 0 Å². The number of aryl methyl sites for hydroxylation is 1. The summed E-state index contributed by atoms with van der Waals surface area (Å²) in [7, 11) is 1.65. The lowest BCUT2D eigenvalue weighted by Gasteiger charge is -2.11. The van der Waals surface area contributed by atoms with Crippen molar-refractivity contribution in [2.45, 2.75) is 38.4 Å². The minimum atomic E-state index is -0.278. The van der Waals surface area contributed by atoms with Crippen molar-refractivity contribution in [2.24, 2.45) is 0 Å². The van der Waals surface area contributed by atoms with Gasteiger partial charge in [0.2, 0.25) is 5.91 Å². The first-order chi connectivity index (χ1) is 11.7. The fourth-order valence-corrected chi connectivity index (χ4v) is 3.32. The van der Waals surface area contributed by atoms with Gasteiger partial charge in [-0.1, -0.05) is 30.4 Å². The Labute approximate surface area is 144 Å². The number of benzene rings is 1. The second-order valence-corrected chi connectivity index (χ2v) is 6.71. The first kappa shape index (κ1) is 16.8. The van der Waals surface area contributed by atoms with Gasteiger partial charge in [-0.05, 0) is 30.5 Å². The zero-order valence-corrected chi connectivity index (χ0v) is 14.5. The average Bonchev–Trinajstić information content (AvgIpc) is 3.29. The van der Waals surface area contributed by atoms with Gasteiger partial charge in [-0.15, -0.1) is 10.2 Å². The molecule has 2 unspecified atom stereocenters. The van der Waals surface area contributed by atoms with E-state index in [2.05, 4.69) is 26.4 Å². The van der Waals surface area contributed by atoms with E-state index in [1.54, 1.807) is 7.11 Å². The summed E-state index contributed by atoms with van der Waals surface area (Å²) in [5, 5.41) is 12.9. The van der Waals surface area contributed by atoms with Crippen LogP contribution >= 0.6 is 11.3 Å². The van der Waals surface area contributed by atoms with Crippen LogP contribution in [0.25, 0.3) is 0 Å². The van der Waals surface area contributed by atoms with Gasteiger partial charge in [0, 0.05) is 6.04 Å². The van der Waals surface area contributed by atoms with E-state index in [4.69, 9.17) is 4.74 Å². The molecule has 0 spiro atoms. The lowest BCUT2D eigenvalue weighted by atomic mass is 10.0. The topological polar surface area (TPSA) is 88.2 Å². The van der Waals surface area contributed by atoms with Crippen molar-refractivity contribution in [3.8, 4) is 5.75 Å². The van der Waals surface area contributed by atoms with Gasteiger partial charge in [0.15, 0.2) is 0 Å². The number of hydrazine groups is 1. The first-order valence-electron chi connectivity index (χ1n) is 7.93. The summed E-state index contributed by atoms with van der Waals surface area (Å²) < 4.78 is 5.25. The molecule has 8 heteroatoms. The maximum Gasteiger partial charge on any atom is 0.238 e. The number of carbonyl (C=O) groups excluding carboxylic acids is 1. The lowest BCUT2D eigenvalue weighted by molar-refractivity contribution is -0.123. The Bertz CT molecular complexity index is 705. The van der Waals surface area contributed by atoms with Crippen LogP contribution < -0.4 is 20.9 Å². The van der Waals surface area contributed by atoms with Crippen molar-refractivity contribution >= 4 is 17.2 Å². The van der Waals surface area contributed by atoms with Gasteiger partial charge in [0.1, 0.15) is 21.8 Å². The Kier molecular flexibility index (Phi) is 5.39. The van der Waals surface area contributed by atoms with Crippen LogP contribution in [-0.4, -0.2) is 29.3 Å². The van der Waals surface area contributed by atoms with Crippen molar-refractivity contribution in [1.29, 1.82) is 0 Å². The fourth-order valence-electron chi connectivity index (χ4n) is 2.59. The molecule has 1 aromatic heterocycles. The Balaban J connectivity index is 1.53. The molecule has 1 aliphatic rings. The molecule has 24 heavy (non-hydrogen) atoms. The number of rotatable bonds is 6. The molecule has 0 bridgehead atoms. The van der Waals surface area contributed by atoms with Gasteiger partial charge < -0.3 is 10.1 Å². The molecule has 7 nitrogen and oxygen atoms in total. The molecule has 3 N–H and O–H groups in total. The SMILES string of the molecule is CCc1nnc(CNC(=O)C2CC(c3cccc(OC)c3)NN2)s1. The quantitative estimate of drug-likeness (QED) is 0.731. The minimum absolute atomic E-state index is 0.0406. The van der Waals surface area contributed by atoms with E-state index in [1.807, 2.05) is 31.2 Å². The van der Waals surface area contributed by atoms with Gasteiger partial charge in [0.05, 0.1) is 13.7 Å². The maximum absolute atomic E-state index is 12.3. The molecule has 128 valence electrons. The second kappa shape index (κ2) is 7.69. The molecule has 0 saturated carbocycles. The summed E-state index contributed by atoms with van der Waals surface area (Å²) >= 11 is 1.53. The lowest BCUT2D eigenvalue weighted by Crippen LogP contribution is -2.42. The Morgan fingerprint density at radius 3 is 2.96 bits per heavy atom. The molecular formula is C16H21N5O2S. The third kappa shape index (κ3) is 3.89. The molecule has 0 aliphatic carbocycles. The molecular weight excluding hydrogens is 326 g/mol. The maximum atomic E-state index is 12.3. The number of methoxy groups -OCH3 is 1. The van der Waals surface area contributed by atoms with Gasteiger partial charge in [-0.3, -0.25) is 4.79 Å². The van der Waals surface area contributed by atoms with E-state index >= 15 is 0 Å². The number of carbonyl (C=O) groups is 1. The molecule has 1 fully saturated rings.